The summed E-state index contributed by atoms with van der Waals surface area (Å²) in [5.41, 5.74) is 0.623. The monoisotopic (exact) mass is 338 g/mol. The van der Waals surface area contributed by atoms with Crippen LogP contribution in [0.1, 0.15) is 5.56 Å². The summed E-state index contributed by atoms with van der Waals surface area (Å²) < 4.78 is 33.3. The number of alkyl halides is 2. The molecule has 0 aliphatic rings. The lowest BCUT2D eigenvalue weighted by atomic mass is 10.1. The van der Waals surface area contributed by atoms with E-state index in [-0.39, 0.29) is 30.5 Å². The van der Waals surface area contributed by atoms with Gasteiger partial charge in [-0.15, -0.1) is 12.4 Å². The molecule has 126 valence electrons. The summed E-state index contributed by atoms with van der Waals surface area (Å²) in [5.74, 6) is -0.116. The normalized spacial score (nSPS) is 10.2. The number of nitrogens with one attached hydrogen (secondary N) is 2. The van der Waals surface area contributed by atoms with Gasteiger partial charge in [0.1, 0.15) is 5.75 Å². The third kappa shape index (κ3) is 9.49. The molecule has 0 radical (unpaired) electrons. The van der Waals surface area contributed by atoms with E-state index in [0.717, 1.165) is 6.54 Å². The fourth-order valence-electron chi connectivity index (χ4n) is 1.67. The molecule has 0 heterocycles. The van der Waals surface area contributed by atoms with Crippen LogP contribution in [-0.4, -0.2) is 45.9 Å². The van der Waals surface area contributed by atoms with Crippen molar-refractivity contribution in [2.75, 3.05) is 33.4 Å². The highest BCUT2D eigenvalue weighted by molar-refractivity contribution is 5.85. The second-order valence-corrected chi connectivity index (χ2v) is 4.30. The molecular formula is C14H21ClF2N2O3. The first kappa shape index (κ1) is 20.6. The molecule has 0 saturated carbocycles. The maximum Gasteiger partial charge on any atom is 0.387 e. The number of amides is 1. The molecule has 0 fully saturated rings. The number of carbonyl (C=O) groups excluding carboxylic acids is 1. The van der Waals surface area contributed by atoms with Gasteiger partial charge in [-0.1, -0.05) is 12.1 Å². The van der Waals surface area contributed by atoms with E-state index < -0.39 is 6.61 Å². The summed E-state index contributed by atoms with van der Waals surface area (Å²) in [5, 5.41) is 5.83. The smallest absolute Gasteiger partial charge is 0.387 e. The topological polar surface area (TPSA) is 59.6 Å². The van der Waals surface area contributed by atoms with Gasteiger partial charge in [0.15, 0.2) is 0 Å². The van der Waals surface area contributed by atoms with Crippen LogP contribution in [0.5, 0.6) is 5.75 Å². The van der Waals surface area contributed by atoms with Gasteiger partial charge >= 0.3 is 6.61 Å². The highest BCUT2D eigenvalue weighted by Gasteiger charge is 2.07. The van der Waals surface area contributed by atoms with Crippen molar-refractivity contribution >= 4 is 18.3 Å². The lowest BCUT2D eigenvalue weighted by molar-refractivity contribution is -0.120. The van der Waals surface area contributed by atoms with Crippen LogP contribution in [0.3, 0.4) is 0 Å². The van der Waals surface area contributed by atoms with E-state index in [4.69, 9.17) is 4.74 Å². The lowest BCUT2D eigenvalue weighted by Crippen LogP contribution is -2.33. The molecule has 0 unspecified atom stereocenters. The van der Waals surface area contributed by atoms with Crippen LogP contribution in [-0.2, 0) is 16.0 Å². The highest BCUT2D eigenvalue weighted by atomic mass is 35.5. The minimum Gasteiger partial charge on any atom is -0.435 e. The fourth-order valence-corrected chi connectivity index (χ4v) is 1.67. The molecule has 0 bridgehead atoms. The molecule has 2 N–H and O–H groups in total. The average Bonchev–Trinajstić information content (AvgIpc) is 2.42. The Morgan fingerprint density at radius 2 is 2.05 bits per heavy atom. The minimum atomic E-state index is -2.87. The van der Waals surface area contributed by atoms with E-state index in [1.54, 1.807) is 19.2 Å². The predicted molar refractivity (Wildman–Crippen MR) is 81.8 cm³/mol. The maximum absolute atomic E-state index is 12.1. The number of hydrogen-bond donors (Lipinski definition) is 2. The van der Waals surface area contributed by atoms with Gasteiger partial charge in [0, 0.05) is 26.7 Å². The molecule has 0 aromatic heterocycles. The van der Waals surface area contributed by atoms with Gasteiger partial charge in [0.05, 0.1) is 13.0 Å². The number of methoxy groups -OCH3 is 1. The fraction of sp³-hybridized carbons (Fsp3) is 0.500. The Kier molecular flexibility index (Phi) is 11.3. The zero-order valence-corrected chi connectivity index (χ0v) is 13.1. The van der Waals surface area contributed by atoms with Gasteiger partial charge in [-0.3, -0.25) is 4.79 Å². The molecular weight excluding hydrogens is 318 g/mol. The summed E-state index contributed by atoms with van der Waals surface area (Å²) >= 11 is 0. The third-order valence-electron chi connectivity index (χ3n) is 2.60. The molecule has 22 heavy (non-hydrogen) atoms. The Morgan fingerprint density at radius 1 is 1.27 bits per heavy atom. The van der Waals surface area contributed by atoms with Crippen LogP contribution in [0.4, 0.5) is 8.78 Å². The quantitative estimate of drug-likeness (QED) is 0.636. The molecule has 0 saturated heterocycles. The van der Waals surface area contributed by atoms with E-state index in [2.05, 4.69) is 15.4 Å². The van der Waals surface area contributed by atoms with Gasteiger partial charge in [-0.25, -0.2) is 0 Å². The number of ether oxygens (including phenoxy) is 2. The van der Waals surface area contributed by atoms with E-state index in [1.165, 1.54) is 12.1 Å². The number of carbonyl (C=O) groups is 1. The van der Waals surface area contributed by atoms with Crippen molar-refractivity contribution in [1.29, 1.82) is 0 Å². The van der Waals surface area contributed by atoms with Crippen molar-refractivity contribution in [2.24, 2.45) is 0 Å². The lowest BCUT2D eigenvalue weighted by Gasteiger charge is -2.08. The van der Waals surface area contributed by atoms with Crippen LogP contribution >= 0.6 is 12.4 Å². The first-order valence-corrected chi connectivity index (χ1v) is 6.62. The molecule has 1 amide bonds. The SMILES string of the molecule is COCCNCCNC(=O)Cc1cccc(OC(F)F)c1.Cl. The van der Waals surface area contributed by atoms with Gasteiger partial charge in [-0.05, 0) is 17.7 Å². The molecule has 1 aromatic rings. The Hall–Kier alpha value is -1.44. The number of hydrogen-bond acceptors (Lipinski definition) is 4. The van der Waals surface area contributed by atoms with Crippen molar-refractivity contribution in [3.05, 3.63) is 29.8 Å². The minimum absolute atomic E-state index is 0. The number of halogens is 3. The van der Waals surface area contributed by atoms with Crippen molar-refractivity contribution in [2.45, 2.75) is 13.0 Å². The Morgan fingerprint density at radius 3 is 2.73 bits per heavy atom. The Bertz CT molecular complexity index is 436. The van der Waals surface area contributed by atoms with Crippen LogP contribution in [0.25, 0.3) is 0 Å². The maximum atomic E-state index is 12.1. The van der Waals surface area contributed by atoms with E-state index in [9.17, 15) is 13.6 Å². The second kappa shape index (κ2) is 12.1. The summed E-state index contributed by atoms with van der Waals surface area (Å²) in [6.07, 6.45) is 0.124. The zero-order chi connectivity index (χ0) is 15.5. The Labute approximate surface area is 134 Å². The summed E-state index contributed by atoms with van der Waals surface area (Å²) in [6.45, 7) is -0.392. The molecule has 0 spiro atoms. The van der Waals surface area contributed by atoms with E-state index >= 15 is 0 Å². The Balaban J connectivity index is 0.00000441. The molecule has 0 aliphatic carbocycles. The van der Waals surface area contributed by atoms with E-state index in [1.807, 2.05) is 0 Å². The molecule has 1 aromatic carbocycles. The number of rotatable bonds is 10. The molecule has 8 heteroatoms. The van der Waals surface area contributed by atoms with Gasteiger partial charge in [0.25, 0.3) is 0 Å². The molecule has 0 aliphatic heterocycles. The number of benzene rings is 1. The van der Waals surface area contributed by atoms with Gasteiger partial charge in [-0.2, -0.15) is 8.78 Å². The largest absolute Gasteiger partial charge is 0.435 e. The van der Waals surface area contributed by atoms with Crippen molar-refractivity contribution in [1.82, 2.24) is 10.6 Å². The second-order valence-electron chi connectivity index (χ2n) is 4.30. The van der Waals surface area contributed by atoms with Crippen molar-refractivity contribution < 1.29 is 23.0 Å². The third-order valence-corrected chi connectivity index (χ3v) is 2.60. The molecule has 5 nitrogen and oxygen atoms in total. The summed E-state index contributed by atoms with van der Waals surface area (Å²) in [4.78, 5) is 11.7. The highest BCUT2D eigenvalue weighted by Crippen LogP contribution is 2.16. The summed E-state index contributed by atoms with van der Waals surface area (Å²) in [6, 6.07) is 6.12. The van der Waals surface area contributed by atoms with Crippen LogP contribution in [0.15, 0.2) is 24.3 Å². The standard InChI is InChI=1S/C14H20F2N2O3.ClH/c1-20-8-7-17-5-6-18-13(19)10-11-3-2-4-12(9-11)21-14(15)16;/h2-4,9,14,17H,5-8,10H2,1H3,(H,18,19);1H. The van der Waals surface area contributed by atoms with E-state index in [0.29, 0.717) is 25.3 Å². The van der Waals surface area contributed by atoms with Crippen LogP contribution < -0.4 is 15.4 Å². The molecule has 1 rings (SSSR count). The first-order chi connectivity index (χ1) is 10.1. The average molecular weight is 339 g/mol. The van der Waals surface area contributed by atoms with Crippen LogP contribution in [0, 0.1) is 0 Å². The zero-order valence-electron chi connectivity index (χ0n) is 12.3. The van der Waals surface area contributed by atoms with Crippen molar-refractivity contribution in [3.8, 4) is 5.75 Å². The first-order valence-electron chi connectivity index (χ1n) is 6.62. The van der Waals surface area contributed by atoms with Crippen LogP contribution in [0.2, 0.25) is 0 Å². The predicted octanol–water partition coefficient (Wildman–Crippen LogP) is 1.60. The van der Waals surface area contributed by atoms with Crippen molar-refractivity contribution in [3.63, 3.8) is 0 Å². The van der Waals surface area contributed by atoms with Gasteiger partial charge < -0.3 is 20.1 Å². The molecule has 0 atom stereocenters. The van der Waals surface area contributed by atoms with Gasteiger partial charge in [0.2, 0.25) is 5.91 Å². The summed E-state index contributed by atoms with van der Waals surface area (Å²) in [7, 11) is 1.62.